The number of aromatic nitrogens is 1. The fraction of sp³-hybridized carbons (Fsp3) is 0.647. The summed E-state index contributed by atoms with van der Waals surface area (Å²) in [7, 11) is 0. The van der Waals surface area contributed by atoms with Gasteiger partial charge < -0.3 is 10.1 Å². The van der Waals surface area contributed by atoms with Crippen LogP contribution < -0.4 is 5.32 Å². The van der Waals surface area contributed by atoms with Gasteiger partial charge in [0.1, 0.15) is 5.82 Å². The predicted octanol–water partition coefficient (Wildman–Crippen LogP) is 2.92. The zero-order chi connectivity index (χ0) is 14.9. The summed E-state index contributed by atoms with van der Waals surface area (Å²) in [5.74, 6) is 1.23. The molecule has 1 aliphatic heterocycles. The smallest absolute Gasteiger partial charge is 0.258 e. The average molecular weight is 286 g/mol. The molecule has 4 unspecified atom stereocenters. The van der Waals surface area contributed by atoms with Crippen LogP contribution in [0.3, 0.4) is 0 Å². The number of carbonyl (C=O) groups excluding carboxylic acids is 1. The monoisotopic (exact) mass is 286 g/mol. The van der Waals surface area contributed by atoms with Gasteiger partial charge in [0.2, 0.25) is 0 Å². The highest BCUT2D eigenvalue weighted by Crippen LogP contribution is 2.75. The van der Waals surface area contributed by atoms with Crippen molar-refractivity contribution >= 4 is 11.7 Å². The van der Waals surface area contributed by atoms with Crippen LogP contribution in [0.1, 0.15) is 38.7 Å². The van der Waals surface area contributed by atoms with Gasteiger partial charge in [0.05, 0.1) is 6.61 Å². The Kier molecular flexibility index (Phi) is 2.44. The Balaban J connectivity index is 1.65. The van der Waals surface area contributed by atoms with Crippen LogP contribution in [0.15, 0.2) is 18.3 Å². The minimum absolute atomic E-state index is 0.00715. The fourth-order valence-corrected chi connectivity index (χ4v) is 5.02. The molecule has 1 aromatic rings. The first-order valence-corrected chi connectivity index (χ1v) is 7.79. The number of anilines is 1. The van der Waals surface area contributed by atoms with Crippen molar-refractivity contribution < 1.29 is 9.53 Å². The number of carbonyl (C=O) groups is 1. The molecule has 112 valence electrons. The van der Waals surface area contributed by atoms with E-state index in [4.69, 9.17) is 4.74 Å². The third-order valence-corrected chi connectivity index (χ3v) is 6.72. The molecule has 4 rings (SSSR count). The van der Waals surface area contributed by atoms with Crippen molar-refractivity contribution in [3.8, 4) is 0 Å². The number of amides is 1. The molecule has 4 heteroatoms. The molecule has 4 atom stereocenters. The predicted molar refractivity (Wildman–Crippen MR) is 79.8 cm³/mol. The lowest BCUT2D eigenvalue weighted by Gasteiger charge is -2.39. The van der Waals surface area contributed by atoms with E-state index in [9.17, 15) is 4.79 Å². The highest BCUT2D eigenvalue weighted by atomic mass is 16.5. The Morgan fingerprint density at radius 3 is 2.86 bits per heavy atom. The minimum Gasteiger partial charge on any atom is -0.364 e. The fourth-order valence-electron chi connectivity index (χ4n) is 5.02. The van der Waals surface area contributed by atoms with Gasteiger partial charge in [0.15, 0.2) is 5.60 Å². The van der Waals surface area contributed by atoms with Crippen molar-refractivity contribution in [1.29, 1.82) is 0 Å². The Hall–Kier alpha value is -1.42. The molecule has 2 heterocycles. The zero-order valence-corrected chi connectivity index (χ0v) is 12.9. The van der Waals surface area contributed by atoms with Gasteiger partial charge in [-0.3, -0.25) is 4.79 Å². The third kappa shape index (κ3) is 1.39. The summed E-state index contributed by atoms with van der Waals surface area (Å²) in [6.45, 7) is 7.24. The van der Waals surface area contributed by atoms with Gasteiger partial charge in [0, 0.05) is 17.0 Å². The van der Waals surface area contributed by atoms with Crippen molar-refractivity contribution in [2.45, 2.75) is 45.6 Å². The Morgan fingerprint density at radius 2 is 2.24 bits per heavy atom. The van der Waals surface area contributed by atoms with Gasteiger partial charge in [0.25, 0.3) is 5.91 Å². The van der Waals surface area contributed by atoms with Gasteiger partial charge >= 0.3 is 0 Å². The molecule has 1 saturated heterocycles. The second-order valence-corrected chi connectivity index (χ2v) is 7.48. The summed E-state index contributed by atoms with van der Waals surface area (Å²) in [5.41, 5.74) is 0.546. The molecule has 0 spiro atoms. The molecule has 4 nitrogen and oxygen atoms in total. The highest BCUT2D eigenvalue weighted by molar-refractivity contribution is 5.98. The molecule has 1 amide bonds. The molecular formula is C17H22N2O2. The maximum absolute atomic E-state index is 12.9. The Bertz CT molecular complexity index is 614. The van der Waals surface area contributed by atoms with E-state index in [1.807, 2.05) is 19.1 Å². The minimum atomic E-state index is -0.656. The quantitative estimate of drug-likeness (QED) is 0.909. The number of ether oxygens (including phenoxy) is 1. The molecule has 2 saturated carbocycles. The Morgan fingerprint density at radius 1 is 1.43 bits per heavy atom. The summed E-state index contributed by atoms with van der Waals surface area (Å²) in [5, 5.41) is 2.98. The lowest BCUT2D eigenvalue weighted by molar-refractivity contribution is -0.149. The number of hydrogen-bond donors (Lipinski definition) is 1. The van der Waals surface area contributed by atoms with Crippen molar-refractivity contribution in [3.63, 3.8) is 0 Å². The molecule has 1 aromatic heterocycles. The van der Waals surface area contributed by atoms with Crippen molar-refractivity contribution in [1.82, 2.24) is 4.98 Å². The highest BCUT2D eigenvalue weighted by Gasteiger charge is 2.78. The summed E-state index contributed by atoms with van der Waals surface area (Å²) < 4.78 is 6.10. The van der Waals surface area contributed by atoms with Crippen LogP contribution in [-0.4, -0.2) is 23.1 Å². The van der Waals surface area contributed by atoms with Crippen molar-refractivity contribution in [3.05, 3.63) is 23.9 Å². The van der Waals surface area contributed by atoms with Gasteiger partial charge in [-0.15, -0.1) is 0 Å². The number of nitrogens with zero attached hydrogens (tertiary/aromatic N) is 1. The first kappa shape index (κ1) is 13.3. The van der Waals surface area contributed by atoms with Crippen LogP contribution in [0.25, 0.3) is 0 Å². The number of aryl methyl sites for hydroxylation is 1. The first-order valence-electron chi connectivity index (χ1n) is 7.79. The number of nitrogens with one attached hydrogen (secondary N) is 1. The van der Waals surface area contributed by atoms with E-state index < -0.39 is 5.60 Å². The number of hydrogen-bond acceptors (Lipinski definition) is 3. The van der Waals surface area contributed by atoms with E-state index in [0.717, 1.165) is 18.4 Å². The molecular weight excluding hydrogens is 264 g/mol. The first-order chi connectivity index (χ1) is 9.91. The largest absolute Gasteiger partial charge is 0.364 e. The lowest BCUT2D eigenvalue weighted by atomic mass is 9.66. The van der Waals surface area contributed by atoms with E-state index >= 15 is 0 Å². The molecule has 3 aliphatic rings. The van der Waals surface area contributed by atoms with Crippen LogP contribution in [0.5, 0.6) is 0 Å². The second kappa shape index (κ2) is 3.86. The molecule has 2 aliphatic carbocycles. The molecule has 1 N–H and O–H groups in total. The molecule has 0 radical (unpaired) electrons. The summed E-state index contributed by atoms with van der Waals surface area (Å²) in [6.07, 6.45) is 4.95. The van der Waals surface area contributed by atoms with E-state index in [2.05, 4.69) is 24.1 Å². The van der Waals surface area contributed by atoms with Crippen LogP contribution in [0, 0.1) is 23.7 Å². The van der Waals surface area contributed by atoms with Crippen LogP contribution >= 0.6 is 0 Å². The average Bonchev–Trinajstić information content (AvgIpc) is 2.93. The number of rotatable bonds is 2. The third-order valence-electron chi connectivity index (χ3n) is 6.72. The van der Waals surface area contributed by atoms with Gasteiger partial charge in [-0.25, -0.2) is 4.98 Å². The van der Waals surface area contributed by atoms with Gasteiger partial charge in [-0.2, -0.15) is 0 Å². The Labute approximate surface area is 125 Å². The summed E-state index contributed by atoms with van der Waals surface area (Å²) >= 11 is 0. The van der Waals surface area contributed by atoms with Crippen LogP contribution in [-0.2, 0) is 9.53 Å². The lowest BCUT2D eigenvalue weighted by Crippen LogP contribution is -2.52. The SMILES string of the molecule is Cc1ccc(NC(=O)C23CC4CCC2(C)C4(C)CO3)nc1. The van der Waals surface area contributed by atoms with E-state index in [0.29, 0.717) is 18.3 Å². The number of pyridine rings is 1. The van der Waals surface area contributed by atoms with Crippen LogP contribution in [0.2, 0.25) is 0 Å². The zero-order valence-electron chi connectivity index (χ0n) is 12.9. The van der Waals surface area contributed by atoms with E-state index in [1.54, 1.807) is 6.20 Å². The molecule has 3 fully saturated rings. The van der Waals surface area contributed by atoms with E-state index in [-0.39, 0.29) is 16.7 Å². The normalized spacial score (nSPS) is 43.3. The maximum atomic E-state index is 12.9. The molecule has 4 bridgehead atoms. The standard InChI is InChI=1S/C17H22N2O2/c1-11-4-5-13(18-9-11)19-14(20)17-8-12-6-7-16(17,3)15(12,2)10-21-17/h4-5,9,12H,6-8,10H2,1-3H3,(H,18,19,20). The van der Waals surface area contributed by atoms with Crippen molar-refractivity contribution in [2.75, 3.05) is 11.9 Å². The van der Waals surface area contributed by atoms with Gasteiger partial charge in [-0.05, 0) is 43.7 Å². The summed E-state index contributed by atoms with van der Waals surface area (Å²) in [6, 6.07) is 3.82. The van der Waals surface area contributed by atoms with Gasteiger partial charge in [-0.1, -0.05) is 19.9 Å². The van der Waals surface area contributed by atoms with Crippen LogP contribution in [0.4, 0.5) is 5.82 Å². The van der Waals surface area contributed by atoms with E-state index in [1.165, 1.54) is 6.42 Å². The summed E-state index contributed by atoms with van der Waals surface area (Å²) in [4.78, 5) is 17.2. The second-order valence-electron chi connectivity index (χ2n) is 7.48. The van der Waals surface area contributed by atoms with Crippen molar-refractivity contribution in [2.24, 2.45) is 16.7 Å². The maximum Gasteiger partial charge on any atom is 0.258 e. The molecule has 21 heavy (non-hydrogen) atoms. The topological polar surface area (TPSA) is 51.2 Å². The molecule has 0 aromatic carbocycles.